The first-order valence-corrected chi connectivity index (χ1v) is 8.13. The van der Waals surface area contributed by atoms with Gasteiger partial charge in [0.1, 0.15) is 5.52 Å². The molecule has 3 N–H and O–H groups in total. The van der Waals surface area contributed by atoms with Crippen LogP contribution in [0.1, 0.15) is 10.4 Å². The summed E-state index contributed by atoms with van der Waals surface area (Å²) in [7, 11) is 3.04. The second-order valence-electron chi connectivity index (χ2n) is 5.88. The summed E-state index contributed by atoms with van der Waals surface area (Å²) in [6.45, 7) is 0. The molecular weight excluding hydrogens is 348 g/mol. The number of fused-ring (bicyclic) bond motifs is 3. The van der Waals surface area contributed by atoms with E-state index in [-0.39, 0.29) is 11.5 Å². The number of phenols is 2. The minimum absolute atomic E-state index is 0.206. The number of rotatable bonds is 3. The number of nitrogens with zero attached hydrogens (tertiary/aromatic N) is 3. The molecular formula is C19H16N4O4. The zero-order valence-electron chi connectivity index (χ0n) is 14.6. The van der Waals surface area contributed by atoms with Crippen molar-refractivity contribution in [1.29, 1.82) is 0 Å². The minimum atomic E-state index is -0.488. The summed E-state index contributed by atoms with van der Waals surface area (Å²) >= 11 is 0. The van der Waals surface area contributed by atoms with Crippen LogP contribution >= 0.6 is 0 Å². The normalized spacial score (nSPS) is 11.0. The predicted molar refractivity (Wildman–Crippen MR) is 100 cm³/mol. The van der Waals surface area contributed by atoms with E-state index in [1.807, 2.05) is 10.5 Å². The van der Waals surface area contributed by atoms with E-state index in [2.05, 4.69) is 15.3 Å². The van der Waals surface area contributed by atoms with Crippen molar-refractivity contribution in [2.45, 2.75) is 0 Å². The molecule has 0 amide bonds. The maximum atomic E-state index is 12.2. The molecule has 0 unspecified atom stereocenters. The number of carbonyl (C=O) groups excluding carboxylic acids is 1. The molecule has 0 aliphatic heterocycles. The van der Waals surface area contributed by atoms with Crippen LogP contribution in [0.4, 0.5) is 5.82 Å². The Morgan fingerprint density at radius 3 is 2.70 bits per heavy atom. The molecule has 136 valence electrons. The molecule has 0 saturated carbocycles. The van der Waals surface area contributed by atoms with Crippen molar-refractivity contribution in [2.24, 2.45) is 0 Å². The summed E-state index contributed by atoms with van der Waals surface area (Å²) in [6, 6.07) is 9.75. The van der Waals surface area contributed by atoms with Gasteiger partial charge >= 0.3 is 5.97 Å². The number of aromatic hydroxyl groups is 2. The van der Waals surface area contributed by atoms with Crippen LogP contribution in [-0.4, -0.2) is 44.7 Å². The van der Waals surface area contributed by atoms with Crippen LogP contribution in [0.5, 0.6) is 11.5 Å². The number of benzene rings is 2. The standard InChI is InChI=1S/C19H16N4O4/c1-20-17-18-21-9-13(10-6-7-14(24)15(25)8-10)23(18)12-5-3-4-11(16(12)22-17)19(26)27-2/h3-9,24-25H,1-2H3,(H,20,22). The van der Waals surface area contributed by atoms with Gasteiger partial charge in [-0.1, -0.05) is 6.07 Å². The zero-order chi connectivity index (χ0) is 19.1. The second kappa shape index (κ2) is 6.17. The average molecular weight is 364 g/mol. The highest BCUT2D eigenvalue weighted by atomic mass is 16.5. The number of methoxy groups -OCH3 is 1. The Bertz CT molecular complexity index is 1200. The largest absolute Gasteiger partial charge is 0.504 e. The van der Waals surface area contributed by atoms with E-state index in [9.17, 15) is 15.0 Å². The van der Waals surface area contributed by atoms with Crippen LogP contribution in [0.15, 0.2) is 42.6 Å². The first-order valence-electron chi connectivity index (χ1n) is 8.13. The summed E-state index contributed by atoms with van der Waals surface area (Å²) in [6.07, 6.45) is 1.65. The van der Waals surface area contributed by atoms with Crippen molar-refractivity contribution in [3.05, 3.63) is 48.2 Å². The third-order valence-corrected chi connectivity index (χ3v) is 4.37. The highest BCUT2D eigenvalue weighted by Gasteiger charge is 2.19. The summed E-state index contributed by atoms with van der Waals surface area (Å²) in [5, 5.41) is 22.5. The molecule has 8 heteroatoms. The van der Waals surface area contributed by atoms with E-state index in [4.69, 9.17) is 4.74 Å². The highest BCUT2D eigenvalue weighted by Crippen LogP contribution is 2.33. The van der Waals surface area contributed by atoms with Gasteiger partial charge in [-0.25, -0.2) is 14.8 Å². The fraction of sp³-hybridized carbons (Fsp3) is 0.105. The fourth-order valence-corrected chi connectivity index (χ4v) is 3.08. The molecule has 0 aliphatic carbocycles. The Hall–Kier alpha value is -3.81. The molecule has 0 saturated heterocycles. The lowest BCUT2D eigenvalue weighted by Gasteiger charge is -2.12. The van der Waals surface area contributed by atoms with Crippen LogP contribution in [0, 0.1) is 0 Å². The number of ether oxygens (including phenoxy) is 1. The van der Waals surface area contributed by atoms with E-state index < -0.39 is 5.97 Å². The van der Waals surface area contributed by atoms with Crippen molar-refractivity contribution < 1.29 is 19.7 Å². The third kappa shape index (κ3) is 2.50. The molecule has 0 bridgehead atoms. The molecule has 0 aliphatic rings. The molecule has 0 fully saturated rings. The summed E-state index contributed by atoms with van der Waals surface area (Å²) in [4.78, 5) is 21.2. The van der Waals surface area contributed by atoms with Gasteiger partial charge in [-0.15, -0.1) is 0 Å². The highest BCUT2D eigenvalue weighted by molar-refractivity contribution is 6.03. The number of hydrogen-bond donors (Lipinski definition) is 3. The number of aromatic nitrogens is 3. The van der Waals surface area contributed by atoms with Crippen molar-refractivity contribution in [2.75, 3.05) is 19.5 Å². The lowest BCUT2D eigenvalue weighted by molar-refractivity contribution is 0.0602. The van der Waals surface area contributed by atoms with E-state index >= 15 is 0 Å². The van der Waals surface area contributed by atoms with Gasteiger partial charge in [0.15, 0.2) is 23.0 Å². The molecule has 2 heterocycles. The molecule has 0 spiro atoms. The van der Waals surface area contributed by atoms with Gasteiger partial charge in [0.05, 0.1) is 30.1 Å². The number of hydrogen-bond acceptors (Lipinski definition) is 7. The molecule has 27 heavy (non-hydrogen) atoms. The van der Waals surface area contributed by atoms with Gasteiger partial charge in [0, 0.05) is 12.6 Å². The average Bonchev–Trinajstić information content (AvgIpc) is 3.13. The monoisotopic (exact) mass is 364 g/mol. The SMILES string of the molecule is CNc1nc2c(C(=O)OC)cccc2n2c(-c3ccc(O)c(O)c3)cnc12. The summed E-state index contributed by atoms with van der Waals surface area (Å²) in [5.41, 5.74) is 3.34. The molecule has 0 atom stereocenters. The van der Waals surface area contributed by atoms with Crippen LogP contribution in [0.3, 0.4) is 0 Å². The molecule has 2 aromatic heterocycles. The number of para-hydroxylation sites is 1. The van der Waals surface area contributed by atoms with Gasteiger partial charge in [0.25, 0.3) is 0 Å². The van der Waals surface area contributed by atoms with Crippen LogP contribution in [0.25, 0.3) is 27.9 Å². The number of anilines is 1. The second-order valence-corrected chi connectivity index (χ2v) is 5.88. The number of phenolic OH excluding ortho intramolecular Hbond substituents is 2. The minimum Gasteiger partial charge on any atom is -0.504 e. The van der Waals surface area contributed by atoms with Crippen molar-refractivity contribution in [3.63, 3.8) is 0 Å². The van der Waals surface area contributed by atoms with E-state index in [1.165, 1.54) is 19.2 Å². The first-order chi connectivity index (χ1) is 13.0. The van der Waals surface area contributed by atoms with Crippen molar-refractivity contribution in [3.8, 4) is 22.8 Å². The Morgan fingerprint density at radius 2 is 2.00 bits per heavy atom. The van der Waals surface area contributed by atoms with Crippen LogP contribution < -0.4 is 5.32 Å². The molecule has 0 radical (unpaired) electrons. The summed E-state index contributed by atoms with van der Waals surface area (Å²) in [5.74, 6) is -0.431. The van der Waals surface area contributed by atoms with E-state index in [0.717, 1.165) is 0 Å². The van der Waals surface area contributed by atoms with Crippen LogP contribution in [0.2, 0.25) is 0 Å². The Balaban J connectivity index is 2.12. The zero-order valence-corrected chi connectivity index (χ0v) is 14.6. The first kappa shape index (κ1) is 16.6. The Morgan fingerprint density at radius 1 is 1.19 bits per heavy atom. The van der Waals surface area contributed by atoms with Crippen LogP contribution in [-0.2, 0) is 4.74 Å². The van der Waals surface area contributed by atoms with Crippen molar-refractivity contribution in [1.82, 2.24) is 14.4 Å². The summed E-state index contributed by atoms with van der Waals surface area (Å²) < 4.78 is 6.71. The van der Waals surface area contributed by atoms with Gasteiger partial charge in [-0.2, -0.15) is 0 Å². The van der Waals surface area contributed by atoms with Gasteiger partial charge < -0.3 is 20.3 Å². The molecule has 4 rings (SSSR count). The quantitative estimate of drug-likeness (QED) is 0.379. The number of imidazole rings is 1. The maximum absolute atomic E-state index is 12.2. The topological polar surface area (TPSA) is 109 Å². The van der Waals surface area contributed by atoms with Gasteiger partial charge in [-0.3, -0.25) is 4.40 Å². The van der Waals surface area contributed by atoms with E-state index in [1.54, 1.807) is 31.4 Å². The smallest absolute Gasteiger partial charge is 0.340 e. The fourth-order valence-electron chi connectivity index (χ4n) is 3.08. The lowest BCUT2D eigenvalue weighted by atomic mass is 10.1. The van der Waals surface area contributed by atoms with E-state index in [0.29, 0.717) is 39.3 Å². The maximum Gasteiger partial charge on any atom is 0.340 e. The molecule has 4 aromatic rings. The lowest BCUT2D eigenvalue weighted by Crippen LogP contribution is -2.07. The number of nitrogens with one attached hydrogen (secondary N) is 1. The Labute approximate surface area is 153 Å². The van der Waals surface area contributed by atoms with Gasteiger partial charge in [0.2, 0.25) is 0 Å². The number of esters is 1. The van der Waals surface area contributed by atoms with Crippen molar-refractivity contribution >= 4 is 28.5 Å². The predicted octanol–water partition coefficient (Wildman–Crippen LogP) is 2.79. The Kier molecular flexibility index (Phi) is 3.80. The van der Waals surface area contributed by atoms with Gasteiger partial charge in [-0.05, 0) is 30.3 Å². The molecule has 2 aromatic carbocycles. The molecule has 8 nitrogen and oxygen atoms in total. The third-order valence-electron chi connectivity index (χ3n) is 4.37. The number of carbonyl (C=O) groups is 1.